The molecular weight excluding hydrogens is 406 g/mol. The number of piperidine rings is 1. The summed E-state index contributed by atoms with van der Waals surface area (Å²) < 4.78 is 32.4. The molecule has 1 aliphatic rings. The molecule has 2 aromatic carbocycles. The predicted octanol–water partition coefficient (Wildman–Crippen LogP) is 2.69. The van der Waals surface area contributed by atoms with E-state index in [1.165, 1.54) is 30.5 Å². The Balaban J connectivity index is 1.66. The summed E-state index contributed by atoms with van der Waals surface area (Å²) in [5.74, 6) is -0.264. The van der Waals surface area contributed by atoms with Gasteiger partial charge in [-0.15, -0.1) is 0 Å². The van der Waals surface area contributed by atoms with Crippen molar-refractivity contribution in [2.24, 2.45) is 5.92 Å². The summed E-state index contributed by atoms with van der Waals surface area (Å²) in [5, 5.41) is 5.49. The van der Waals surface area contributed by atoms with E-state index in [4.69, 9.17) is 4.74 Å². The van der Waals surface area contributed by atoms with Gasteiger partial charge >= 0.3 is 0 Å². The average molecular weight is 432 g/mol. The van der Waals surface area contributed by atoms with Gasteiger partial charge in [0, 0.05) is 31.4 Å². The topological polar surface area (TPSA) is 105 Å². The zero-order chi connectivity index (χ0) is 21.7. The van der Waals surface area contributed by atoms with Crippen LogP contribution in [-0.2, 0) is 19.6 Å². The lowest BCUT2D eigenvalue weighted by Crippen LogP contribution is -2.43. The molecule has 1 aliphatic heterocycles. The Morgan fingerprint density at radius 3 is 2.17 bits per heavy atom. The number of nitrogens with one attached hydrogen (secondary N) is 2. The van der Waals surface area contributed by atoms with Crippen LogP contribution in [-0.4, -0.2) is 44.7 Å². The minimum atomic E-state index is -3.69. The third-order valence-electron chi connectivity index (χ3n) is 4.92. The van der Waals surface area contributed by atoms with Crippen LogP contribution >= 0.6 is 0 Å². The van der Waals surface area contributed by atoms with E-state index in [1.54, 1.807) is 36.4 Å². The van der Waals surface area contributed by atoms with E-state index in [2.05, 4.69) is 10.6 Å². The average Bonchev–Trinajstić information content (AvgIpc) is 2.75. The summed E-state index contributed by atoms with van der Waals surface area (Å²) >= 11 is 0. The van der Waals surface area contributed by atoms with Crippen molar-refractivity contribution < 1.29 is 22.7 Å². The van der Waals surface area contributed by atoms with Gasteiger partial charge < -0.3 is 15.4 Å². The molecule has 2 N–H and O–H groups in total. The van der Waals surface area contributed by atoms with E-state index in [1.807, 2.05) is 0 Å². The van der Waals surface area contributed by atoms with Gasteiger partial charge in [-0.1, -0.05) is 0 Å². The molecule has 1 unspecified atom stereocenters. The van der Waals surface area contributed by atoms with Crippen molar-refractivity contribution in [1.29, 1.82) is 0 Å². The first kappa shape index (κ1) is 21.8. The smallest absolute Gasteiger partial charge is 0.243 e. The molecule has 0 saturated carbocycles. The molecule has 0 spiro atoms. The zero-order valence-electron chi connectivity index (χ0n) is 16.9. The van der Waals surface area contributed by atoms with Gasteiger partial charge in [0.2, 0.25) is 21.8 Å². The lowest BCUT2D eigenvalue weighted by molar-refractivity contribution is -0.121. The largest absolute Gasteiger partial charge is 0.497 e. The highest BCUT2D eigenvalue weighted by Crippen LogP contribution is 2.26. The van der Waals surface area contributed by atoms with Crippen LogP contribution in [0.25, 0.3) is 0 Å². The van der Waals surface area contributed by atoms with Gasteiger partial charge in [-0.2, -0.15) is 4.31 Å². The number of hydrogen-bond acceptors (Lipinski definition) is 5. The molecule has 9 heteroatoms. The Bertz CT molecular complexity index is 1000. The van der Waals surface area contributed by atoms with Gasteiger partial charge in [0.25, 0.3) is 0 Å². The van der Waals surface area contributed by atoms with Crippen LogP contribution in [0.15, 0.2) is 53.4 Å². The second-order valence-electron chi connectivity index (χ2n) is 7.13. The number of sulfonamides is 1. The molecule has 1 fully saturated rings. The van der Waals surface area contributed by atoms with Crippen molar-refractivity contribution >= 4 is 33.2 Å². The van der Waals surface area contributed by atoms with Crippen molar-refractivity contribution in [3.8, 4) is 5.75 Å². The van der Waals surface area contributed by atoms with Crippen LogP contribution < -0.4 is 15.4 Å². The molecular formula is C21H25N3O5S. The normalized spacial score (nSPS) is 17.2. The number of hydrogen-bond donors (Lipinski definition) is 2. The maximum absolute atomic E-state index is 13.0. The number of benzene rings is 2. The van der Waals surface area contributed by atoms with Crippen molar-refractivity contribution in [2.45, 2.75) is 24.7 Å². The zero-order valence-corrected chi connectivity index (χ0v) is 17.7. The molecule has 1 saturated heterocycles. The number of nitrogens with zero attached hydrogens (tertiary/aromatic N) is 1. The van der Waals surface area contributed by atoms with E-state index in [-0.39, 0.29) is 23.3 Å². The number of carbonyl (C=O) groups is 2. The fraction of sp³-hybridized carbons (Fsp3) is 0.333. The van der Waals surface area contributed by atoms with Crippen molar-refractivity contribution in [3.05, 3.63) is 48.5 Å². The number of amides is 2. The number of anilines is 2. The van der Waals surface area contributed by atoms with Crippen LogP contribution in [0.1, 0.15) is 19.8 Å². The lowest BCUT2D eigenvalue weighted by Gasteiger charge is -2.31. The van der Waals surface area contributed by atoms with Gasteiger partial charge in [-0.25, -0.2) is 8.42 Å². The van der Waals surface area contributed by atoms with Crippen LogP contribution in [0, 0.1) is 5.92 Å². The van der Waals surface area contributed by atoms with Gasteiger partial charge in [-0.05, 0) is 61.4 Å². The Morgan fingerprint density at radius 1 is 1.00 bits per heavy atom. The Kier molecular flexibility index (Phi) is 6.73. The number of rotatable bonds is 6. The summed E-state index contributed by atoms with van der Waals surface area (Å²) in [4.78, 5) is 24.0. The van der Waals surface area contributed by atoms with Crippen LogP contribution in [0.2, 0.25) is 0 Å². The third-order valence-corrected chi connectivity index (χ3v) is 6.80. The first-order valence-corrected chi connectivity index (χ1v) is 11.1. The Hall–Kier alpha value is -2.91. The molecule has 2 aromatic rings. The third kappa shape index (κ3) is 5.17. The van der Waals surface area contributed by atoms with Gasteiger partial charge in [0.1, 0.15) is 5.75 Å². The van der Waals surface area contributed by atoms with E-state index in [0.29, 0.717) is 36.5 Å². The molecule has 3 rings (SSSR count). The van der Waals surface area contributed by atoms with Crippen molar-refractivity contribution in [3.63, 3.8) is 0 Å². The fourth-order valence-corrected chi connectivity index (χ4v) is 4.88. The molecule has 0 aliphatic carbocycles. The molecule has 160 valence electrons. The van der Waals surface area contributed by atoms with Gasteiger partial charge in [0.05, 0.1) is 17.9 Å². The highest BCUT2D eigenvalue weighted by molar-refractivity contribution is 7.89. The van der Waals surface area contributed by atoms with Crippen LogP contribution in [0.5, 0.6) is 5.75 Å². The monoisotopic (exact) mass is 431 g/mol. The highest BCUT2D eigenvalue weighted by atomic mass is 32.2. The van der Waals surface area contributed by atoms with E-state index in [9.17, 15) is 18.0 Å². The van der Waals surface area contributed by atoms with Crippen LogP contribution in [0.4, 0.5) is 11.4 Å². The maximum Gasteiger partial charge on any atom is 0.243 e. The molecule has 30 heavy (non-hydrogen) atoms. The molecule has 0 radical (unpaired) electrons. The second kappa shape index (κ2) is 9.27. The Labute approximate surface area is 176 Å². The van der Waals surface area contributed by atoms with Crippen molar-refractivity contribution in [2.75, 3.05) is 30.8 Å². The first-order valence-electron chi connectivity index (χ1n) is 9.62. The predicted molar refractivity (Wildman–Crippen MR) is 114 cm³/mol. The lowest BCUT2D eigenvalue weighted by atomic mass is 9.98. The Morgan fingerprint density at radius 2 is 1.60 bits per heavy atom. The molecule has 0 bridgehead atoms. The van der Waals surface area contributed by atoms with E-state index < -0.39 is 15.9 Å². The summed E-state index contributed by atoms with van der Waals surface area (Å²) in [5.41, 5.74) is 1.22. The van der Waals surface area contributed by atoms with E-state index >= 15 is 0 Å². The minimum absolute atomic E-state index is 0.129. The van der Waals surface area contributed by atoms with Gasteiger partial charge in [-0.3, -0.25) is 9.59 Å². The number of carbonyl (C=O) groups excluding carboxylic acids is 2. The van der Waals surface area contributed by atoms with Crippen LogP contribution in [0.3, 0.4) is 0 Å². The molecule has 2 amide bonds. The minimum Gasteiger partial charge on any atom is -0.497 e. The first-order chi connectivity index (χ1) is 14.3. The van der Waals surface area contributed by atoms with E-state index in [0.717, 1.165) is 0 Å². The molecule has 8 nitrogen and oxygen atoms in total. The number of methoxy groups -OCH3 is 1. The highest BCUT2D eigenvalue weighted by Gasteiger charge is 2.33. The fourth-order valence-electron chi connectivity index (χ4n) is 3.36. The van der Waals surface area contributed by atoms with Gasteiger partial charge in [0.15, 0.2) is 0 Å². The SMILES string of the molecule is COc1ccc(S(=O)(=O)N2CCCC(C(=O)Nc3ccc(NC(C)=O)cc3)C2)cc1. The second-order valence-corrected chi connectivity index (χ2v) is 9.06. The summed E-state index contributed by atoms with van der Waals surface area (Å²) in [6.45, 7) is 1.93. The molecule has 1 heterocycles. The maximum atomic E-state index is 13.0. The standard InChI is InChI=1S/C21H25N3O5S/c1-15(25)22-17-5-7-18(8-6-17)23-21(26)16-4-3-13-24(14-16)30(27,28)20-11-9-19(29-2)10-12-20/h5-12,16H,3-4,13-14H2,1-2H3,(H,22,25)(H,23,26). The molecule has 1 atom stereocenters. The molecule has 0 aromatic heterocycles. The van der Waals surface area contributed by atoms with Crippen molar-refractivity contribution in [1.82, 2.24) is 4.31 Å². The summed E-state index contributed by atoms with van der Waals surface area (Å²) in [6.07, 6.45) is 1.22. The number of ether oxygens (including phenoxy) is 1. The summed E-state index contributed by atoms with van der Waals surface area (Å²) in [6, 6.07) is 13.0. The summed E-state index contributed by atoms with van der Waals surface area (Å²) in [7, 11) is -2.17. The quantitative estimate of drug-likeness (QED) is 0.732.